The number of rotatable bonds is 6. The van der Waals surface area contributed by atoms with Crippen LogP contribution in [0.3, 0.4) is 0 Å². The van der Waals surface area contributed by atoms with Crippen molar-refractivity contribution in [1.29, 1.82) is 0 Å². The minimum absolute atomic E-state index is 1.12. The molecule has 2 aromatic rings. The van der Waals surface area contributed by atoms with Gasteiger partial charge in [0.25, 0.3) is 0 Å². The van der Waals surface area contributed by atoms with E-state index in [0.29, 0.717) is 0 Å². The topological polar surface area (TPSA) is 0 Å². The molecule has 0 saturated carbocycles. The highest BCUT2D eigenvalue weighted by atomic mass is 32.1. The van der Waals surface area contributed by atoms with Crippen molar-refractivity contribution in [2.45, 2.75) is 52.4 Å². The van der Waals surface area contributed by atoms with E-state index in [1.54, 1.807) is 22.7 Å². The van der Waals surface area contributed by atoms with E-state index in [1.807, 2.05) is 0 Å². The maximum absolute atomic E-state index is 3.15. The highest BCUT2D eigenvalue weighted by Crippen LogP contribution is 2.18. The van der Waals surface area contributed by atoms with Gasteiger partial charge >= 0.3 is 0 Å². The molecule has 0 spiro atoms. The molecule has 0 atom stereocenters. The van der Waals surface area contributed by atoms with Gasteiger partial charge in [-0.15, -0.1) is 22.7 Å². The molecule has 2 aromatic heterocycles. The minimum Gasteiger partial charge on any atom is -0.132 e. The van der Waals surface area contributed by atoms with E-state index >= 15 is 0 Å². The van der Waals surface area contributed by atoms with Crippen LogP contribution in [0.4, 0.5) is 0 Å². The van der Waals surface area contributed by atoms with Crippen LogP contribution in [-0.2, 0) is 12.8 Å². The molecule has 0 radical (unpaired) electrons. The number of hydrogen-bond donors (Lipinski definition) is 0. The van der Waals surface area contributed by atoms with Gasteiger partial charge in [-0.3, -0.25) is 0 Å². The summed E-state index contributed by atoms with van der Waals surface area (Å²) in [5.74, 6) is 12.3. The third-order valence-electron chi connectivity index (χ3n) is 3.31. The molecule has 0 aliphatic carbocycles. The van der Waals surface area contributed by atoms with Gasteiger partial charge in [0.15, 0.2) is 0 Å². The molecule has 2 heteroatoms. The molecule has 0 bridgehead atoms. The molecule has 0 saturated heterocycles. The Kier molecular flexibility index (Phi) is 7.31. The van der Waals surface area contributed by atoms with Crippen LogP contribution in [-0.4, -0.2) is 0 Å². The quantitative estimate of drug-likeness (QED) is 0.580. The molecule has 114 valence electrons. The maximum Gasteiger partial charge on any atom is 0.0781 e. The van der Waals surface area contributed by atoms with Crippen molar-refractivity contribution in [1.82, 2.24) is 0 Å². The van der Waals surface area contributed by atoms with Crippen LogP contribution in [0.2, 0.25) is 0 Å². The van der Waals surface area contributed by atoms with Crippen LogP contribution in [0.1, 0.15) is 59.0 Å². The van der Waals surface area contributed by atoms with Crippen LogP contribution in [0, 0.1) is 23.7 Å². The Hall–Kier alpha value is -1.48. The van der Waals surface area contributed by atoms with Crippen molar-refractivity contribution >= 4 is 22.7 Å². The molecular weight excluding hydrogens is 304 g/mol. The Labute approximate surface area is 142 Å². The molecule has 22 heavy (non-hydrogen) atoms. The van der Waals surface area contributed by atoms with Crippen molar-refractivity contribution in [3.63, 3.8) is 0 Å². The van der Waals surface area contributed by atoms with Crippen LogP contribution in [0.15, 0.2) is 24.3 Å². The Bertz CT molecular complexity index is 633. The fourth-order valence-electron chi connectivity index (χ4n) is 2.05. The molecule has 0 fully saturated rings. The molecule has 0 aliphatic rings. The van der Waals surface area contributed by atoms with Crippen molar-refractivity contribution in [2.75, 3.05) is 0 Å². The molecule has 2 heterocycles. The molecule has 0 unspecified atom stereocenters. The van der Waals surface area contributed by atoms with E-state index in [0.717, 1.165) is 9.75 Å². The lowest BCUT2D eigenvalue weighted by molar-refractivity contribution is 0.804. The standard InChI is InChI=1S/C20H22S2/c1-3-5-9-17-13-15-19(21-17)11-7-8-12-20-16-14-18(22-20)10-6-4-2/h13-16H,3-6,9-10H2,1-2H3. The molecule has 0 aliphatic heterocycles. The third kappa shape index (κ3) is 5.72. The Morgan fingerprint density at radius 2 is 1.18 bits per heavy atom. The van der Waals surface area contributed by atoms with Gasteiger partial charge in [-0.2, -0.15) is 0 Å². The zero-order valence-corrected chi connectivity index (χ0v) is 15.0. The number of unbranched alkanes of at least 4 members (excludes halogenated alkanes) is 2. The SMILES string of the molecule is CCCCc1ccc(C#CC#Cc2ccc(CCCC)s2)s1. The van der Waals surface area contributed by atoms with E-state index in [-0.39, 0.29) is 0 Å². The predicted molar refractivity (Wildman–Crippen MR) is 99.6 cm³/mol. The summed E-state index contributed by atoms with van der Waals surface area (Å²) in [4.78, 5) is 5.10. The molecule has 0 aromatic carbocycles. The first-order chi connectivity index (χ1) is 10.8. The van der Waals surface area contributed by atoms with Crippen LogP contribution in [0.5, 0.6) is 0 Å². The first-order valence-electron chi connectivity index (χ1n) is 8.01. The van der Waals surface area contributed by atoms with Gasteiger partial charge in [0.2, 0.25) is 0 Å². The van der Waals surface area contributed by atoms with Gasteiger partial charge in [0, 0.05) is 9.75 Å². The zero-order valence-electron chi connectivity index (χ0n) is 13.4. The van der Waals surface area contributed by atoms with Gasteiger partial charge in [0.05, 0.1) is 9.75 Å². The summed E-state index contributed by atoms with van der Waals surface area (Å²) in [6.07, 6.45) is 7.34. The normalized spacial score (nSPS) is 9.73. The van der Waals surface area contributed by atoms with Crippen LogP contribution in [0.25, 0.3) is 0 Å². The molecule has 0 nitrogen and oxygen atoms in total. The Morgan fingerprint density at radius 3 is 1.59 bits per heavy atom. The fourth-order valence-corrected chi connectivity index (χ4v) is 3.85. The second kappa shape index (κ2) is 9.52. The number of thiophene rings is 2. The summed E-state index contributed by atoms with van der Waals surface area (Å²) >= 11 is 3.59. The summed E-state index contributed by atoms with van der Waals surface area (Å²) in [6.45, 7) is 4.45. The lowest BCUT2D eigenvalue weighted by Gasteiger charge is -1.91. The van der Waals surface area contributed by atoms with Crippen molar-refractivity contribution < 1.29 is 0 Å². The second-order valence-corrected chi connectivity index (χ2v) is 7.58. The minimum atomic E-state index is 1.12. The van der Waals surface area contributed by atoms with E-state index < -0.39 is 0 Å². The summed E-state index contributed by atoms with van der Waals surface area (Å²) < 4.78 is 0. The summed E-state index contributed by atoms with van der Waals surface area (Å²) in [6, 6.07) is 8.60. The van der Waals surface area contributed by atoms with Gasteiger partial charge < -0.3 is 0 Å². The van der Waals surface area contributed by atoms with Crippen molar-refractivity contribution in [2.24, 2.45) is 0 Å². The third-order valence-corrected chi connectivity index (χ3v) is 5.43. The Morgan fingerprint density at radius 1 is 0.727 bits per heavy atom. The van der Waals surface area contributed by atoms with E-state index in [9.17, 15) is 0 Å². The zero-order chi connectivity index (χ0) is 15.6. The van der Waals surface area contributed by atoms with Gasteiger partial charge in [-0.05, 0) is 73.6 Å². The lowest BCUT2D eigenvalue weighted by atomic mass is 10.2. The van der Waals surface area contributed by atoms with E-state index in [2.05, 4.69) is 61.8 Å². The summed E-state index contributed by atoms with van der Waals surface area (Å²) in [7, 11) is 0. The van der Waals surface area contributed by atoms with E-state index in [4.69, 9.17) is 0 Å². The molecule has 0 N–H and O–H groups in total. The molecular formula is C20H22S2. The van der Waals surface area contributed by atoms with Crippen LogP contribution >= 0.6 is 22.7 Å². The highest BCUT2D eigenvalue weighted by molar-refractivity contribution is 7.12. The largest absolute Gasteiger partial charge is 0.132 e. The smallest absolute Gasteiger partial charge is 0.0781 e. The van der Waals surface area contributed by atoms with E-state index in [1.165, 1.54) is 48.3 Å². The Balaban J connectivity index is 1.90. The monoisotopic (exact) mass is 326 g/mol. The van der Waals surface area contributed by atoms with Crippen LogP contribution < -0.4 is 0 Å². The molecule has 2 rings (SSSR count). The van der Waals surface area contributed by atoms with Gasteiger partial charge in [-0.25, -0.2) is 0 Å². The maximum atomic E-state index is 3.15. The first-order valence-corrected chi connectivity index (χ1v) is 9.64. The summed E-state index contributed by atoms with van der Waals surface area (Å²) in [5, 5.41) is 0. The highest BCUT2D eigenvalue weighted by Gasteiger charge is 1.97. The lowest BCUT2D eigenvalue weighted by Crippen LogP contribution is -1.76. The van der Waals surface area contributed by atoms with Crippen molar-refractivity contribution in [3.05, 3.63) is 43.8 Å². The predicted octanol–water partition coefficient (Wildman–Crippen LogP) is 5.90. The first kappa shape index (κ1) is 16.9. The number of aryl methyl sites for hydroxylation is 2. The average Bonchev–Trinajstić information content (AvgIpc) is 3.17. The summed E-state index contributed by atoms with van der Waals surface area (Å²) in [5.41, 5.74) is 0. The fraction of sp³-hybridized carbons (Fsp3) is 0.400. The van der Waals surface area contributed by atoms with Gasteiger partial charge in [0.1, 0.15) is 0 Å². The van der Waals surface area contributed by atoms with Gasteiger partial charge in [-0.1, -0.05) is 26.7 Å². The average molecular weight is 327 g/mol. The second-order valence-electron chi connectivity index (χ2n) is 5.24. The molecule has 0 amide bonds. The van der Waals surface area contributed by atoms with Crippen molar-refractivity contribution in [3.8, 4) is 23.7 Å². The number of hydrogen-bond acceptors (Lipinski definition) is 2.